The fourth-order valence-corrected chi connectivity index (χ4v) is 1.46. The van der Waals surface area contributed by atoms with E-state index >= 15 is 0 Å². The Hall–Kier alpha value is -1.49. The number of hydrogen-bond acceptors (Lipinski definition) is 2. The van der Waals surface area contributed by atoms with Gasteiger partial charge in [0.2, 0.25) is 0 Å². The molecule has 16 heavy (non-hydrogen) atoms. The van der Waals surface area contributed by atoms with Crippen molar-refractivity contribution in [2.75, 3.05) is 6.61 Å². The number of nitriles is 1. The Balaban J connectivity index is 2.64. The molecular weight excluding hydrogens is 198 g/mol. The van der Waals surface area contributed by atoms with E-state index < -0.39 is 0 Å². The third-order valence-electron chi connectivity index (χ3n) is 2.57. The van der Waals surface area contributed by atoms with Gasteiger partial charge in [0.1, 0.15) is 5.75 Å². The van der Waals surface area contributed by atoms with Gasteiger partial charge in [-0.05, 0) is 36.5 Å². The van der Waals surface area contributed by atoms with E-state index in [0.29, 0.717) is 18.9 Å². The average molecular weight is 217 g/mol. The Kier molecular flexibility index (Phi) is 4.85. The third-order valence-corrected chi connectivity index (χ3v) is 2.57. The van der Waals surface area contributed by atoms with Crippen LogP contribution in [0, 0.1) is 18.3 Å². The van der Waals surface area contributed by atoms with Crippen molar-refractivity contribution in [3.8, 4) is 11.8 Å². The first-order chi connectivity index (χ1) is 7.65. The summed E-state index contributed by atoms with van der Waals surface area (Å²) in [6.45, 7) is 7.01. The van der Waals surface area contributed by atoms with E-state index in [1.54, 1.807) is 0 Å². The van der Waals surface area contributed by atoms with Crippen LogP contribution in [0.15, 0.2) is 18.2 Å². The van der Waals surface area contributed by atoms with Crippen LogP contribution in [0.2, 0.25) is 0 Å². The molecule has 0 N–H and O–H groups in total. The van der Waals surface area contributed by atoms with Crippen molar-refractivity contribution in [3.05, 3.63) is 29.3 Å². The lowest BCUT2D eigenvalue weighted by atomic mass is 10.0. The highest BCUT2D eigenvalue weighted by Gasteiger charge is 2.04. The number of rotatable bonds is 5. The van der Waals surface area contributed by atoms with Crippen LogP contribution >= 0.6 is 0 Å². The molecule has 1 rings (SSSR count). The summed E-state index contributed by atoms with van der Waals surface area (Å²) in [4.78, 5) is 0. The molecule has 0 bridgehead atoms. The Morgan fingerprint density at radius 3 is 2.75 bits per heavy atom. The summed E-state index contributed by atoms with van der Waals surface area (Å²) in [6, 6.07) is 8.45. The van der Waals surface area contributed by atoms with E-state index in [1.807, 2.05) is 6.92 Å². The van der Waals surface area contributed by atoms with Crippen LogP contribution in [0.4, 0.5) is 0 Å². The molecule has 0 fully saturated rings. The maximum absolute atomic E-state index is 8.43. The number of unbranched alkanes of at least 4 members (excludes halogenated alkanes) is 1. The lowest BCUT2D eigenvalue weighted by molar-refractivity contribution is 0.310. The average Bonchev–Trinajstić information content (AvgIpc) is 2.26. The second kappa shape index (κ2) is 6.17. The molecule has 0 atom stereocenters. The topological polar surface area (TPSA) is 33.0 Å². The van der Waals surface area contributed by atoms with E-state index in [2.05, 4.69) is 38.1 Å². The maximum Gasteiger partial charge on any atom is 0.122 e. The highest BCUT2D eigenvalue weighted by Crippen LogP contribution is 2.24. The summed E-state index contributed by atoms with van der Waals surface area (Å²) in [7, 11) is 0. The van der Waals surface area contributed by atoms with Crippen molar-refractivity contribution >= 4 is 0 Å². The van der Waals surface area contributed by atoms with Gasteiger partial charge >= 0.3 is 0 Å². The molecule has 0 aliphatic rings. The molecule has 0 spiro atoms. The molecule has 2 nitrogen and oxygen atoms in total. The highest BCUT2D eigenvalue weighted by atomic mass is 16.5. The minimum Gasteiger partial charge on any atom is -0.493 e. The van der Waals surface area contributed by atoms with Crippen molar-refractivity contribution in [2.45, 2.75) is 39.5 Å². The van der Waals surface area contributed by atoms with Gasteiger partial charge in [0.25, 0.3) is 0 Å². The van der Waals surface area contributed by atoms with E-state index in [1.165, 1.54) is 5.56 Å². The zero-order chi connectivity index (χ0) is 12.0. The minimum absolute atomic E-state index is 0.516. The summed E-state index contributed by atoms with van der Waals surface area (Å²) in [5.41, 5.74) is 2.45. The number of nitrogens with zero attached hydrogens (tertiary/aromatic N) is 1. The van der Waals surface area contributed by atoms with Gasteiger partial charge in [-0.1, -0.05) is 26.0 Å². The lowest BCUT2D eigenvalue weighted by Crippen LogP contribution is -1.99. The molecule has 0 aliphatic heterocycles. The molecule has 0 aliphatic carbocycles. The van der Waals surface area contributed by atoms with Crippen molar-refractivity contribution in [3.63, 3.8) is 0 Å². The largest absolute Gasteiger partial charge is 0.493 e. The molecular formula is C14H19NO. The zero-order valence-electron chi connectivity index (χ0n) is 10.3. The molecule has 1 aromatic rings. The van der Waals surface area contributed by atoms with Gasteiger partial charge < -0.3 is 4.74 Å². The first-order valence-corrected chi connectivity index (χ1v) is 5.75. The molecule has 0 saturated carbocycles. The normalized spacial score (nSPS) is 10.2. The van der Waals surface area contributed by atoms with Gasteiger partial charge in [-0.3, -0.25) is 0 Å². The molecule has 0 heterocycles. The number of hydrogen-bond donors (Lipinski definition) is 0. The molecule has 0 amide bonds. The molecule has 2 heteroatoms. The predicted molar refractivity (Wildman–Crippen MR) is 65.6 cm³/mol. The molecule has 0 radical (unpaired) electrons. The van der Waals surface area contributed by atoms with Gasteiger partial charge in [-0.2, -0.15) is 5.26 Å². The van der Waals surface area contributed by atoms with E-state index in [9.17, 15) is 0 Å². The standard InChI is InChI=1S/C14H19NO/c1-11(2)13-7-6-12(3)14(10-13)16-9-5-4-8-15/h6-7,10-11H,4-5,9H2,1-3H3. The molecule has 1 aromatic carbocycles. The zero-order valence-corrected chi connectivity index (χ0v) is 10.3. The SMILES string of the molecule is Cc1ccc(C(C)C)cc1OCCCC#N. The van der Waals surface area contributed by atoms with Crippen LogP contribution in [-0.2, 0) is 0 Å². The quantitative estimate of drug-likeness (QED) is 0.703. The number of benzene rings is 1. The van der Waals surface area contributed by atoms with Crippen LogP contribution < -0.4 is 4.74 Å². The van der Waals surface area contributed by atoms with Gasteiger partial charge in [-0.25, -0.2) is 0 Å². The number of aryl methyl sites for hydroxylation is 1. The summed E-state index contributed by atoms with van der Waals surface area (Å²) in [5.74, 6) is 1.46. The van der Waals surface area contributed by atoms with Crippen LogP contribution in [0.5, 0.6) is 5.75 Å². The first kappa shape index (κ1) is 12.6. The number of ether oxygens (including phenoxy) is 1. The molecule has 0 saturated heterocycles. The summed E-state index contributed by atoms with van der Waals surface area (Å²) in [5, 5.41) is 8.43. The smallest absolute Gasteiger partial charge is 0.122 e. The van der Waals surface area contributed by atoms with E-state index in [-0.39, 0.29) is 0 Å². The lowest BCUT2D eigenvalue weighted by Gasteiger charge is -2.12. The van der Waals surface area contributed by atoms with Crippen molar-refractivity contribution < 1.29 is 4.74 Å². The fraction of sp³-hybridized carbons (Fsp3) is 0.500. The Bertz CT molecular complexity index is 377. The third kappa shape index (κ3) is 3.58. The van der Waals surface area contributed by atoms with Gasteiger partial charge in [0.15, 0.2) is 0 Å². The van der Waals surface area contributed by atoms with Crippen LogP contribution in [-0.4, -0.2) is 6.61 Å². The summed E-state index contributed by atoms with van der Waals surface area (Å²) in [6.07, 6.45) is 1.35. The predicted octanol–water partition coefficient (Wildman–Crippen LogP) is 3.80. The maximum atomic E-state index is 8.43. The summed E-state index contributed by atoms with van der Waals surface area (Å²) < 4.78 is 5.68. The van der Waals surface area contributed by atoms with Gasteiger partial charge in [0.05, 0.1) is 12.7 Å². The highest BCUT2D eigenvalue weighted by molar-refractivity contribution is 5.37. The fourth-order valence-electron chi connectivity index (χ4n) is 1.46. The van der Waals surface area contributed by atoms with Gasteiger partial charge in [-0.15, -0.1) is 0 Å². The van der Waals surface area contributed by atoms with Gasteiger partial charge in [0, 0.05) is 6.42 Å². The second-order valence-corrected chi connectivity index (χ2v) is 4.29. The Labute approximate surface area is 97.9 Å². The van der Waals surface area contributed by atoms with E-state index in [4.69, 9.17) is 10.00 Å². The molecule has 0 unspecified atom stereocenters. The van der Waals surface area contributed by atoms with Crippen LogP contribution in [0.1, 0.15) is 43.7 Å². The van der Waals surface area contributed by atoms with E-state index in [0.717, 1.165) is 17.7 Å². The van der Waals surface area contributed by atoms with Crippen molar-refractivity contribution in [2.24, 2.45) is 0 Å². The monoisotopic (exact) mass is 217 g/mol. The van der Waals surface area contributed by atoms with Crippen LogP contribution in [0.3, 0.4) is 0 Å². The molecule has 0 aromatic heterocycles. The Morgan fingerprint density at radius 2 is 2.12 bits per heavy atom. The summed E-state index contributed by atoms with van der Waals surface area (Å²) >= 11 is 0. The van der Waals surface area contributed by atoms with Crippen molar-refractivity contribution in [1.82, 2.24) is 0 Å². The Morgan fingerprint density at radius 1 is 1.38 bits per heavy atom. The first-order valence-electron chi connectivity index (χ1n) is 5.75. The minimum atomic E-state index is 0.516. The second-order valence-electron chi connectivity index (χ2n) is 4.29. The molecule has 86 valence electrons. The van der Waals surface area contributed by atoms with Crippen molar-refractivity contribution in [1.29, 1.82) is 5.26 Å². The van der Waals surface area contributed by atoms with Crippen LogP contribution in [0.25, 0.3) is 0 Å².